The summed E-state index contributed by atoms with van der Waals surface area (Å²) in [5.74, 6) is 0.757. The summed E-state index contributed by atoms with van der Waals surface area (Å²) in [5.41, 5.74) is 1.95. The number of hydrogen-bond donors (Lipinski definition) is 1. The number of rotatable bonds is 7. The molecule has 144 valence electrons. The smallest absolute Gasteiger partial charge is 0.119 e. The molecule has 4 heteroatoms. The minimum Gasteiger partial charge on any atom is -0.491 e. The maximum Gasteiger partial charge on any atom is 0.119 e. The van der Waals surface area contributed by atoms with Gasteiger partial charge in [-0.25, -0.2) is 0 Å². The van der Waals surface area contributed by atoms with E-state index in [0.717, 1.165) is 17.0 Å². The van der Waals surface area contributed by atoms with Crippen LogP contribution in [-0.4, -0.2) is 47.6 Å². The first kappa shape index (κ1) is 19.6. The zero-order valence-electron chi connectivity index (χ0n) is 16.3. The van der Waals surface area contributed by atoms with Gasteiger partial charge >= 0.3 is 0 Å². The quantitative estimate of drug-likeness (QED) is 0.737. The lowest BCUT2D eigenvalue weighted by molar-refractivity contribution is 0.0209. The number of β-amino-alcohol motifs (C(OH)–C–C–N with tert-alkyl or cyclic N) is 1. The first-order valence-corrected chi connectivity index (χ1v) is 9.87. The molecule has 0 radical (unpaired) electrons. The molecule has 1 aliphatic rings. The number of aliphatic hydroxyl groups is 1. The average molecular weight is 367 g/mol. The number of ether oxygens (including phenoxy) is 1. The van der Waals surface area contributed by atoms with Gasteiger partial charge in [-0.3, -0.25) is 9.89 Å². The minimum atomic E-state index is -0.483. The highest BCUT2D eigenvalue weighted by molar-refractivity contribution is 5.81. The second kappa shape index (κ2) is 9.67. The van der Waals surface area contributed by atoms with Crippen LogP contribution < -0.4 is 4.74 Å². The summed E-state index contributed by atoms with van der Waals surface area (Å²) in [6, 6.07) is 18.7. The predicted molar refractivity (Wildman–Crippen MR) is 111 cm³/mol. The van der Waals surface area contributed by atoms with Gasteiger partial charge in [0.25, 0.3) is 0 Å². The van der Waals surface area contributed by atoms with Gasteiger partial charge in [-0.2, -0.15) is 0 Å². The van der Waals surface area contributed by atoms with Gasteiger partial charge in [0.2, 0.25) is 0 Å². The van der Waals surface area contributed by atoms with E-state index in [4.69, 9.17) is 4.74 Å². The Bertz CT molecular complexity index is 705. The van der Waals surface area contributed by atoms with Crippen LogP contribution >= 0.6 is 0 Å². The van der Waals surface area contributed by atoms with E-state index >= 15 is 0 Å². The first-order chi connectivity index (χ1) is 13.1. The average Bonchev–Trinajstić information content (AvgIpc) is 2.69. The number of hydrogen-bond acceptors (Lipinski definition) is 4. The van der Waals surface area contributed by atoms with Gasteiger partial charge in [-0.05, 0) is 56.5 Å². The summed E-state index contributed by atoms with van der Waals surface area (Å²) in [6.45, 7) is 5.47. The summed E-state index contributed by atoms with van der Waals surface area (Å²) >= 11 is 0. The van der Waals surface area contributed by atoms with Gasteiger partial charge in [0.05, 0.1) is 5.69 Å². The Kier molecular flexibility index (Phi) is 7.02. The molecule has 3 rings (SSSR count). The normalized spacial score (nSPS) is 22.0. The molecule has 1 aliphatic heterocycles. The van der Waals surface area contributed by atoms with Crippen molar-refractivity contribution < 1.29 is 9.84 Å². The van der Waals surface area contributed by atoms with Crippen LogP contribution in [-0.2, 0) is 0 Å². The number of likely N-dealkylation sites (tertiary alicyclic amines) is 1. The Hall–Kier alpha value is -2.17. The van der Waals surface area contributed by atoms with E-state index in [2.05, 4.69) is 23.7 Å². The molecule has 0 saturated carbocycles. The molecule has 0 unspecified atom stereocenters. The van der Waals surface area contributed by atoms with Crippen molar-refractivity contribution in [1.82, 2.24) is 4.90 Å². The van der Waals surface area contributed by atoms with E-state index in [9.17, 15) is 5.11 Å². The van der Waals surface area contributed by atoms with Gasteiger partial charge in [-0.1, -0.05) is 36.8 Å². The molecule has 1 fully saturated rings. The van der Waals surface area contributed by atoms with Crippen molar-refractivity contribution in [3.05, 3.63) is 60.2 Å². The molecule has 2 aromatic rings. The summed E-state index contributed by atoms with van der Waals surface area (Å²) in [4.78, 5) is 6.87. The monoisotopic (exact) mass is 366 g/mol. The van der Waals surface area contributed by atoms with Crippen molar-refractivity contribution in [3.63, 3.8) is 0 Å². The van der Waals surface area contributed by atoms with Crippen LogP contribution in [0, 0.1) is 0 Å². The molecule has 1 N–H and O–H groups in total. The van der Waals surface area contributed by atoms with E-state index < -0.39 is 6.10 Å². The second-order valence-electron chi connectivity index (χ2n) is 7.45. The fourth-order valence-electron chi connectivity index (χ4n) is 3.64. The number of benzene rings is 2. The van der Waals surface area contributed by atoms with Gasteiger partial charge in [0.15, 0.2) is 0 Å². The molecule has 0 aromatic heterocycles. The van der Waals surface area contributed by atoms with Crippen LogP contribution in [0.25, 0.3) is 0 Å². The predicted octanol–water partition coefficient (Wildman–Crippen LogP) is 4.44. The van der Waals surface area contributed by atoms with Crippen LogP contribution in [0.15, 0.2) is 59.6 Å². The molecule has 0 spiro atoms. The van der Waals surface area contributed by atoms with Crippen molar-refractivity contribution in [2.24, 2.45) is 4.99 Å². The Morgan fingerprint density at radius 1 is 1.07 bits per heavy atom. The Balaban J connectivity index is 1.47. The van der Waals surface area contributed by atoms with E-state index in [0.29, 0.717) is 25.2 Å². The van der Waals surface area contributed by atoms with Gasteiger partial charge < -0.3 is 9.84 Å². The summed E-state index contributed by atoms with van der Waals surface area (Å²) in [6.07, 6.45) is 5.07. The highest BCUT2D eigenvalue weighted by Gasteiger charge is 2.26. The number of piperidine rings is 1. The number of aliphatic imine (C=N–C) groups is 1. The van der Waals surface area contributed by atoms with E-state index in [1.807, 2.05) is 60.8 Å². The standard InChI is InChI=1S/C23H30N2O2/c1-18-7-6-8-19(2)25(18)16-22(26)17-27-23-13-11-21(12-14-23)24-15-20-9-4-3-5-10-20/h3-5,9-15,18-19,22,26H,6-8,16-17H2,1-2H3/t18-,19+,22-/m1/s1. The van der Waals surface area contributed by atoms with E-state index in [1.54, 1.807) is 0 Å². The molecule has 0 amide bonds. The molecule has 4 nitrogen and oxygen atoms in total. The van der Waals surface area contributed by atoms with Crippen LogP contribution in [0.4, 0.5) is 5.69 Å². The Morgan fingerprint density at radius 3 is 2.41 bits per heavy atom. The molecule has 0 aliphatic carbocycles. The fourth-order valence-corrected chi connectivity index (χ4v) is 3.64. The van der Waals surface area contributed by atoms with E-state index in [1.165, 1.54) is 19.3 Å². The summed E-state index contributed by atoms with van der Waals surface area (Å²) < 4.78 is 5.77. The van der Waals surface area contributed by atoms with E-state index in [-0.39, 0.29) is 0 Å². The molecule has 1 saturated heterocycles. The fraction of sp³-hybridized carbons (Fsp3) is 0.435. The van der Waals surface area contributed by atoms with Gasteiger partial charge in [-0.15, -0.1) is 0 Å². The van der Waals surface area contributed by atoms with Crippen molar-refractivity contribution in [3.8, 4) is 5.75 Å². The van der Waals surface area contributed by atoms with Gasteiger partial charge in [0, 0.05) is 24.8 Å². The SMILES string of the molecule is C[C@@H]1CCC[C@H](C)N1C[C@@H](O)COc1ccc(N=Cc2ccccc2)cc1. The maximum absolute atomic E-state index is 10.4. The third-order valence-electron chi connectivity index (χ3n) is 5.24. The second-order valence-corrected chi connectivity index (χ2v) is 7.45. The third kappa shape index (κ3) is 5.91. The van der Waals surface area contributed by atoms with Crippen LogP contribution in [0.5, 0.6) is 5.75 Å². The molecular formula is C23H30N2O2. The molecule has 0 bridgehead atoms. The highest BCUT2D eigenvalue weighted by atomic mass is 16.5. The first-order valence-electron chi connectivity index (χ1n) is 9.87. The summed E-state index contributed by atoms with van der Waals surface area (Å²) in [5, 5.41) is 10.4. The lowest BCUT2D eigenvalue weighted by Gasteiger charge is -2.40. The summed E-state index contributed by atoms with van der Waals surface area (Å²) in [7, 11) is 0. The van der Waals surface area contributed by atoms with Gasteiger partial charge in [0.1, 0.15) is 18.5 Å². The van der Waals surface area contributed by atoms with Crippen molar-refractivity contribution in [2.75, 3.05) is 13.2 Å². The maximum atomic E-state index is 10.4. The molecule has 1 heterocycles. The largest absolute Gasteiger partial charge is 0.491 e. The Labute approximate surface area is 162 Å². The molecular weight excluding hydrogens is 336 g/mol. The van der Waals surface area contributed by atoms with Crippen LogP contribution in [0.3, 0.4) is 0 Å². The topological polar surface area (TPSA) is 45.1 Å². The number of nitrogens with zero attached hydrogens (tertiary/aromatic N) is 2. The minimum absolute atomic E-state index is 0.308. The molecule has 27 heavy (non-hydrogen) atoms. The zero-order chi connectivity index (χ0) is 19.1. The molecule has 2 aromatic carbocycles. The lowest BCUT2D eigenvalue weighted by Crippen LogP contribution is -2.48. The van der Waals surface area contributed by atoms with Crippen molar-refractivity contribution >= 4 is 11.9 Å². The molecule has 3 atom stereocenters. The van der Waals surface area contributed by atoms with Crippen LogP contribution in [0.1, 0.15) is 38.7 Å². The van der Waals surface area contributed by atoms with Crippen molar-refractivity contribution in [1.29, 1.82) is 0 Å². The van der Waals surface area contributed by atoms with Crippen molar-refractivity contribution in [2.45, 2.75) is 51.3 Å². The zero-order valence-corrected chi connectivity index (χ0v) is 16.3. The highest BCUT2D eigenvalue weighted by Crippen LogP contribution is 2.23. The lowest BCUT2D eigenvalue weighted by atomic mass is 9.97. The number of aliphatic hydroxyl groups excluding tert-OH is 1. The Morgan fingerprint density at radius 2 is 1.74 bits per heavy atom. The van der Waals surface area contributed by atoms with Crippen LogP contribution in [0.2, 0.25) is 0 Å². The third-order valence-corrected chi connectivity index (χ3v) is 5.24.